The monoisotopic (exact) mass is 224 g/mol. The lowest BCUT2D eigenvalue weighted by Crippen LogP contribution is -2.18. The van der Waals surface area contributed by atoms with Crippen LogP contribution in [0.3, 0.4) is 0 Å². The second-order valence-corrected chi connectivity index (χ2v) is 4.91. The van der Waals surface area contributed by atoms with E-state index in [0.717, 1.165) is 18.8 Å². The average molecular weight is 224 g/mol. The molecule has 2 unspecified atom stereocenters. The Morgan fingerprint density at radius 2 is 2.44 bits per heavy atom. The lowest BCUT2D eigenvalue weighted by Gasteiger charge is -2.06. The van der Waals surface area contributed by atoms with Gasteiger partial charge in [-0.05, 0) is 32.9 Å². The van der Waals surface area contributed by atoms with Gasteiger partial charge in [-0.15, -0.1) is 0 Å². The lowest BCUT2D eigenvalue weighted by atomic mass is 10.1. The Labute approximate surface area is 96.0 Å². The standard InChI is InChI=1S/C11H20N4O/c1-8(12)5-11-13-10(14-16-11)6-9-3-4-15(2)7-9/h8-9H,3-7,12H2,1-2H3. The Morgan fingerprint density at radius 3 is 3.06 bits per heavy atom. The van der Waals surface area contributed by atoms with Crippen molar-refractivity contribution in [1.82, 2.24) is 15.0 Å². The van der Waals surface area contributed by atoms with Crippen LogP contribution in [-0.2, 0) is 12.8 Å². The summed E-state index contributed by atoms with van der Waals surface area (Å²) in [5, 5.41) is 4.00. The molecule has 1 aromatic heterocycles. The molecule has 2 heterocycles. The SMILES string of the molecule is CC(N)Cc1nc(CC2CCN(C)C2)no1. The van der Waals surface area contributed by atoms with Gasteiger partial charge in [-0.3, -0.25) is 0 Å². The van der Waals surface area contributed by atoms with Gasteiger partial charge in [0.2, 0.25) is 5.89 Å². The molecule has 1 saturated heterocycles. The fourth-order valence-electron chi connectivity index (χ4n) is 2.18. The van der Waals surface area contributed by atoms with Gasteiger partial charge in [0.1, 0.15) is 0 Å². The molecule has 0 spiro atoms. The minimum Gasteiger partial charge on any atom is -0.339 e. The molecule has 90 valence electrons. The maximum absolute atomic E-state index is 5.68. The summed E-state index contributed by atoms with van der Waals surface area (Å²) < 4.78 is 5.16. The zero-order valence-corrected chi connectivity index (χ0v) is 10.0. The normalized spacial score (nSPS) is 23.8. The maximum atomic E-state index is 5.68. The quantitative estimate of drug-likeness (QED) is 0.804. The van der Waals surface area contributed by atoms with Crippen LogP contribution >= 0.6 is 0 Å². The molecular weight excluding hydrogens is 204 g/mol. The third-order valence-electron chi connectivity index (χ3n) is 2.97. The van der Waals surface area contributed by atoms with Crippen molar-refractivity contribution in [2.45, 2.75) is 32.2 Å². The van der Waals surface area contributed by atoms with Crippen molar-refractivity contribution >= 4 is 0 Å². The number of nitrogens with two attached hydrogens (primary N) is 1. The number of hydrogen-bond acceptors (Lipinski definition) is 5. The first-order valence-electron chi connectivity index (χ1n) is 5.89. The summed E-state index contributed by atoms with van der Waals surface area (Å²) >= 11 is 0. The van der Waals surface area contributed by atoms with Crippen molar-refractivity contribution in [2.24, 2.45) is 11.7 Å². The molecule has 5 heteroatoms. The Hall–Kier alpha value is -0.940. The third-order valence-corrected chi connectivity index (χ3v) is 2.97. The molecule has 1 aliphatic heterocycles. The molecule has 0 aliphatic carbocycles. The van der Waals surface area contributed by atoms with E-state index in [4.69, 9.17) is 10.3 Å². The minimum atomic E-state index is 0.0749. The van der Waals surface area contributed by atoms with Crippen LogP contribution < -0.4 is 5.73 Å². The minimum absolute atomic E-state index is 0.0749. The first-order chi connectivity index (χ1) is 7.63. The first kappa shape index (κ1) is 11.5. The molecule has 0 saturated carbocycles. The zero-order valence-electron chi connectivity index (χ0n) is 10.0. The molecule has 0 radical (unpaired) electrons. The molecule has 2 rings (SSSR count). The van der Waals surface area contributed by atoms with Crippen LogP contribution in [0.1, 0.15) is 25.1 Å². The molecule has 1 aromatic rings. The van der Waals surface area contributed by atoms with Crippen molar-refractivity contribution in [1.29, 1.82) is 0 Å². The predicted molar refractivity (Wildman–Crippen MR) is 61.0 cm³/mol. The van der Waals surface area contributed by atoms with Crippen LogP contribution in [0.5, 0.6) is 0 Å². The summed E-state index contributed by atoms with van der Waals surface area (Å²) in [6.07, 6.45) is 2.82. The fraction of sp³-hybridized carbons (Fsp3) is 0.818. The summed E-state index contributed by atoms with van der Waals surface area (Å²) in [4.78, 5) is 6.70. The fourth-order valence-corrected chi connectivity index (χ4v) is 2.18. The molecule has 0 aromatic carbocycles. The first-order valence-corrected chi connectivity index (χ1v) is 5.89. The van der Waals surface area contributed by atoms with E-state index in [1.165, 1.54) is 13.0 Å². The number of rotatable bonds is 4. The zero-order chi connectivity index (χ0) is 11.5. The smallest absolute Gasteiger partial charge is 0.228 e. The number of nitrogens with zero attached hydrogens (tertiary/aromatic N) is 3. The van der Waals surface area contributed by atoms with Crippen molar-refractivity contribution in [3.05, 3.63) is 11.7 Å². The van der Waals surface area contributed by atoms with E-state index in [2.05, 4.69) is 22.1 Å². The van der Waals surface area contributed by atoms with Gasteiger partial charge < -0.3 is 15.2 Å². The molecule has 2 N–H and O–H groups in total. The second kappa shape index (κ2) is 4.93. The van der Waals surface area contributed by atoms with Crippen LogP contribution in [-0.4, -0.2) is 41.2 Å². The summed E-state index contributed by atoms with van der Waals surface area (Å²) in [5.41, 5.74) is 5.68. The lowest BCUT2D eigenvalue weighted by molar-refractivity contribution is 0.360. The number of likely N-dealkylation sites (tertiary alicyclic amines) is 1. The molecule has 1 aliphatic rings. The molecule has 2 atom stereocenters. The van der Waals surface area contributed by atoms with Gasteiger partial charge in [0.15, 0.2) is 5.82 Å². The van der Waals surface area contributed by atoms with E-state index in [1.807, 2.05) is 6.92 Å². The van der Waals surface area contributed by atoms with Crippen LogP contribution in [0, 0.1) is 5.92 Å². The molecule has 0 amide bonds. The highest BCUT2D eigenvalue weighted by atomic mass is 16.5. The van der Waals surface area contributed by atoms with Crippen LogP contribution in [0.4, 0.5) is 0 Å². The number of hydrogen-bond donors (Lipinski definition) is 1. The highest BCUT2D eigenvalue weighted by Crippen LogP contribution is 2.18. The molecular formula is C11H20N4O. The molecule has 16 heavy (non-hydrogen) atoms. The largest absolute Gasteiger partial charge is 0.339 e. The molecule has 0 bridgehead atoms. The van der Waals surface area contributed by atoms with Crippen LogP contribution in [0.25, 0.3) is 0 Å². The van der Waals surface area contributed by atoms with E-state index in [1.54, 1.807) is 0 Å². The van der Waals surface area contributed by atoms with Crippen molar-refractivity contribution in [2.75, 3.05) is 20.1 Å². The molecule has 1 fully saturated rings. The van der Waals surface area contributed by atoms with E-state index >= 15 is 0 Å². The summed E-state index contributed by atoms with van der Waals surface area (Å²) in [6, 6.07) is 0.0749. The van der Waals surface area contributed by atoms with E-state index in [-0.39, 0.29) is 6.04 Å². The third kappa shape index (κ3) is 3.02. The maximum Gasteiger partial charge on any atom is 0.228 e. The average Bonchev–Trinajstić information content (AvgIpc) is 2.76. The van der Waals surface area contributed by atoms with Crippen LogP contribution in [0.2, 0.25) is 0 Å². The summed E-state index contributed by atoms with van der Waals surface area (Å²) in [6.45, 7) is 4.25. The van der Waals surface area contributed by atoms with Crippen molar-refractivity contribution < 1.29 is 4.52 Å². The van der Waals surface area contributed by atoms with E-state index < -0.39 is 0 Å². The van der Waals surface area contributed by atoms with Crippen molar-refractivity contribution in [3.8, 4) is 0 Å². The second-order valence-electron chi connectivity index (χ2n) is 4.91. The van der Waals surface area contributed by atoms with Gasteiger partial charge in [-0.2, -0.15) is 4.98 Å². The van der Waals surface area contributed by atoms with Gasteiger partial charge >= 0.3 is 0 Å². The van der Waals surface area contributed by atoms with Gasteiger partial charge in [0, 0.05) is 25.4 Å². The van der Waals surface area contributed by atoms with E-state index in [9.17, 15) is 0 Å². The van der Waals surface area contributed by atoms with Crippen molar-refractivity contribution in [3.63, 3.8) is 0 Å². The summed E-state index contributed by atoms with van der Waals surface area (Å²) in [5.74, 6) is 2.16. The Morgan fingerprint density at radius 1 is 1.62 bits per heavy atom. The summed E-state index contributed by atoms with van der Waals surface area (Å²) in [7, 11) is 2.15. The van der Waals surface area contributed by atoms with Gasteiger partial charge in [-0.1, -0.05) is 5.16 Å². The van der Waals surface area contributed by atoms with Gasteiger partial charge in [-0.25, -0.2) is 0 Å². The Kier molecular flexibility index (Phi) is 3.56. The Bertz CT molecular complexity index is 336. The van der Waals surface area contributed by atoms with Crippen LogP contribution in [0.15, 0.2) is 4.52 Å². The van der Waals surface area contributed by atoms with E-state index in [0.29, 0.717) is 18.2 Å². The molecule has 5 nitrogen and oxygen atoms in total. The number of aromatic nitrogens is 2. The highest BCUT2D eigenvalue weighted by molar-refractivity contribution is 4.91. The Balaban J connectivity index is 1.87. The highest BCUT2D eigenvalue weighted by Gasteiger charge is 2.21. The topological polar surface area (TPSA) is 68.2 Å². The van der Waals surface area contributed by atoms with Gasteiger partial charge in [0.05, 0.1) is 0 Å². The predicted octanol–water partition coefficient (Wildman–Crippen LogP) is 0.453. The van der Waals surface area contributed by atoms with Gasteiger partial charge in [0.25, 0.3) is 0 Å².